The van der Waals surface area contributed by atoms with Gasteiger partial charge in [0, 0.05) is 80.7 Å². The van der Waals surface area contributed by atoms with E-state index in [9.17, 15) is 0 Å². The van der Waals surface area contributed by atoms with Crippen LogP contribution in [0.3, 0.4) is 0 Å². The van der Waals surface area contributed by atoms with Crippen molar-refractivity contribution in [1.29, 1.82) is 0 Å². The molecule has 0 N–H and O–H groups in total. The van der Waals surface area contributed by atoms with E-state index in [2.05, 4.69) is 283 Å². The lowest BCUT2D eigenvalue weighted by atomic mass is 9.86. The summed E-state index contributed by atoms with van der Waals surface area (Å²) >= 11 is 0. The van der Waals surface area contributed by atoms with E-state index in [0.29, 0.717) is 0 Å². The molecule has 12 rings (SSSR count). The molecule has 0 amide bonds. The number of benzene rings is 8. The van der Waals surface area contributed by atoms with Crippen LogP contribution < -0.4 is 0 Å². The molecule has 0 atom stereocenters. The lowest BCUT2D eigenvalue weighted by molar-refractivity contribution is -0.431. The highest BCUT2D eigenvalue weighted by molar-refractivity contribution is 6.39. The Labute approximate surface area is 429 Å². The minimum absolute atomic E-state index is 0.821. The van der Waals surface area contributed by atoms with Gasteiger partial charge in [-0.05, 0) is 91.9 Å². The largest absolute Gasteiger partial charge is 0.340 e. The van der Waals surface area contributed by atoms with E-state index in [4.69, 9.17) is 0 Å². The summed E-state index contributed by atoms with van der Waals surface area (Å²) in [5.41, 5.74) is 23.0. The van der Waals surface area contributed by atoms with E-state index in [1.807, 2.05) is 0 Å². The number of hydrogen-bond donors (Lipinski definition) is 0. The van der Waals surface area contributed by atoms with Crippen LogP contribution >= 0.6 is 0 Å². The summed E-state index contributed by atoms with van der Waals surface area (Å²) < 4.78 is 10.1. The summed E-state index contributed by atoms with van der Waals surface area (Å²) in [6.07, 6.45) is 7.28. The molecule has 11 aromatic rings. The van der Waals surface area contributed by atoms with Gasteiger partial charge in [0.25, 0.3) is 0 Å². The second kappa shape index (κ2) is 19.5. The standard InChI is InChI=1S/C69H59N4/c1-5-70-58-44-25-21-38-52(58)62(66(70)48-30-13-9-14-31-48)56(63-53-39-22-26-45-59(53)71(6-2)67(63)49-32-15-10-16-33-49)42-29-43-57(64-54-40-23-27-46-60(54)72(7-3)68(64)50-34-17-11-18-35-50)65-55-41-24-28-47-61(55)73(8-4)69(65)51-36-19-12-20-37-51/h9-47H,5-8H2,1-4H3/q+1. The van der Waals surface area contributed by atoms with Crippen LogP contribution in [-0.2, 0) is 19.6 Å². The molecule has 0 spiro atoms. The maximum atomic E-state index is 2.52. The van der Waals surface area contributed by atoms with E-state index < -0.39 is 0 Å². The maximum Gasteiger partial charge on any atom is 0.221 e. The average Bonchev–Trinajstić information content (AvgIpc) is 4.19. The van der Waals surface area contributed by atoms with Crippen LogP contribution in [0.2, 0.25) is 0 Å². The smallest absolute Gasteiger partial charge is 0.221 e. The first-order valence-electron chi connectivity index (χ1n) is 26.1. The first-order chi connectivity index (χ1) is 36.1. The molecule has 4 heteroatoms. The minimum atomic E-state index is 0.821. The predicted octanol–water partition coefficient (Wildman–Crippen LogP) is 17.4. The molecule has 1 aliphatic rings. The molecule has 0 bridgehead atoms. The van der Waals surface area contributed by atoms with Gasteiger partial charge in [-0.3, -0.25) is 0 Å². The van der Waals surface area contributed by atoms with E-state index in [1.54, 1.807) is 0 Å². The maximum absolute atomic E-state index is 2.52. The summed E-state index contributed by atoms with van der Waals surface area (Å²) in [6.45, 7) is 12.4. The van der Waals surface area contributed by atoms with Crippen molar-refractivity contribution in [3.05, 3.63) is 264 Å². The van der Waals surface area contributed by atoms with Crippen molar-refractivity contribution in [1.82, 2.24) is 13.7 Å². The molecule has 0 radical (unpaired) electrons. The fraction of sp³-hybridized carbons (Fsp3) is 0.116. The van der Waals surface area contributed by atoms with Crippen molar-refractivity contribution >= 4 is 60.8 Å². The van der Waals surface area contributed by atoms with Gasteiger partial charge in [0.2, 0.25) is 11.4 Å². The normalized spacial score (nSPS) is 13.2. The Morgan fingerprint density at radius 1 is 0.397 bits per heavy atom. The Balaban J connectivity index is 1.26. The minimum Gasteiger partial charge on any atom is -0.340 e. The van der Waals surface area contributed by atoms with Gasteiger partial charge in [-0.25, -0.2) is 0 Å². The Bertz CT molecular complexity index is 3840. The van der Waals surface area contributed by atoms with Crippen LogP contribution in [0.5, 0.6) is 0 Å². The molecule has 0 unspecified atom stereocenters. The average molecular weight is 944 g/mol. The Morgan fingerprint density at radius 2 is 0.767 bits per heavy atom. The number of aromatic nitrogens is 3. The predicted molar refractivity (Wildman–Crippen MR) is 310 cm³/mol. The number of allylic oxidation sites excluding steroid dienone is 5. The zero-order chi connectivity index (χ0) is 49.4. The van der Waals surface area contributed by atoms with Gasteiger partial charge in [0.15, 0.2) is 0 Å². The van der Waals surface area contributed by atoms with Gasteiger partial charge in [-0.15, -0.1) is 0 Å². The van der Waals surface area contributed by atoms with Crippen molar-refractivity contribution in [2.24, 2.45) is 0 Å². The van der Waals surface area contributed by atoms with Crippen LogP contribution in [-0.4, -0.2) is 30.5 Å². The SMILES string of the molecule is CCn1c(-c2ccccc2)c(C(=CC=C/C(=C2/C(c3ccccc3)=[N+](CC)c3ccccc32)c2c(-c3ccccc3)n(CC)c3ccccc23)c2c(-c3ccccc3)n(CC)c3ccccc23)c2ccccc21. The highest BCUT2D eigenvalue weighted by Crippen LogP contribution is 2.49. The molecule has 0 fully saturated rings. The van der Waals surface area contributed by atoms with Crippen molar-refractivity contribution in [2.75, 3.05) is 6.54 Å². The van der Waals surface area contributed by atoms with Crippen LogP contribution in [0.4, 0.5) is 5.69 Å². The monoisotopic (exact) mass is 943 g/mol. The molecule has 0 saturated carbocycles. The highest BCUT2D eigenvalue weighted by Gasteiger charge is 2.38. The van der Waals surface area contributed by atoms with Crippen LogP contribution in [0.15, 0.2) is 237 Å². The molecular formula is C69H59N4+. The van der Waals surface area contributed by atoms with Gasteiger partial charge < -0.3 is 13.7 Å². The van der Waals surface area contributed by atoms with Crippen LogP contribution in [0.25, 0.3) is 83.2 Å². The molecule has 4 heterocycles. The lowest BCUT2D eigenvalue weighted by Crippen LogP contribution is -2.14. The Hall–Kier alpha value is -8.73. The van der Waals surface area contributed by atoms with E-state index in [1.165, 1.54) is 122 Å². The highest BCUT2D eigenvalue weighted by atomic mass is 15.0. The number of aryl methyl sites for hydroxylation is 3. The molecule has 8 aromatic carbocycles. The zero-order valence-electron chi connectivity index (χ0n) is 42.1. The summed E-state index contributed by atoms with van der Waals surface area (Å²) in [7, 11) is 0. The molecule has 354 valence electrons. The number of rotatable bonds is 13. The molecule has 1 aliphatic heterocycles. The van der Waals surface area contributed by atoms with Crippen molar-refractivity contribution < 1.29 is 4.58 Å². The number of hydrogen-bond acceptors (Lipinski definition) is 0. The van der Waals surface area contributed by atoms with Gasteiger partial charge in [-0.1, -0.05) is 194 Å². The molecular weight excluding hydrogens is 885 g/mol. The Morgan fingerprint density at radius 3 is 1.21 bits per heavy atom. The molecule has 3 aromatic heterocycles. The molecule has 73 heavy (non-hydrogen) atoms. The van der Waals surface area contributed by atoms with Gasteiger partial charge in [0.1, 0.15) is 6.54 Å². The summed E-state index contributed by atoms with van der Waals surface area (Å²) in [5.74, 6) is 0. The topological polar surface area (TPSA) is 17.8 Å². The molecule has 0 aliphatic carbocycles. The van der Waals surface area contributed by atoms with Crippen molar-refractivity contribution in [3.63, 3.8) is 0 Å². The van der Waals surface area contributed by atoms with Crippen molar-refractivity contribution in [3.8, 4) is 33.8 Å². The molecule has 0 saturated heterocycles. The van der Waals surface area contributed by atoms with Crippen LogP contribution in [0, 0.1) is 0 Å². The fourth-order valence-electron chi connectivity index (χ4n) is 12.0. The quantitative estimate of drug-likeness (QED) is 0.0810. The number of para-hydroxylation sites is 4. The molecule has 4 nitrogen and oxygen atoms in total. The third kappa shape index (κ3) is 7.56. The summed E-state index contributed by atoms with van der Waals surface area (Å²) in [5, 5.41) is 3.69. The van der Waals surface area contributed by atoms with Gasteiger partial charge in [0.05, 0.1) is 28.2 Å². The van der Waals surface area contributed by atoms with E-state index >= 15 is 0 Å². The van der Waals surface area contributed by atoms with E-state index in [0.717, 1.165) is 26.2 Å². The third-order valence-corrected chi connectivity index (χ3v) is 14.9. The summed E-state index contributed by atoms with van der Waals surface area (Å²) in [6, 6.07) is 80.2. The first-order valence-corrected chi connectivity index (χ1v) is 26.1. The van der Waals surface area contributed by atoms with Crippen molar-refractivity contribution in [2.45, 2.75) is 47.3 Å². The first kappa shape index (κ1) is 45.4. The fourth-order valence-corrected chi connectivity index (χ4v) is 12.0. The van der Waals surface area contributed by atoms with E-state index in [-0.39, 0.29) is 0 Å². The summed E-state index contributed by atoms with van der Waals surface area (Å²) in [4.78, 5) is 0. The van der Waals surface area contributed by atoms with Gasteiger partial charge in [-0.2, -0.15) is 4.58 Å². The van der Waals surface area contributed by atoms with Crippen LogP contribution in [0.1, 0.15) is 55.5 Å². The Kier molecular flexibility index (Phi) is 12.1. The lowest BCUT2D eigenvalue weighted by Gasteiger charge is -2.17. The second-order valence-electron chi connectivity index (χ2n) is 18.8. The number of fused-ring (bicyclic) bond motifs is 4. The third-order valence-electron chi connectivity index (χ3n) is 14.9. The second-order valence-corrected chi connectivity index (χ2v) is 18.8. The van der Waals surface area contributed by atoms with Gasteiger partial charge >= 0.3 is 0 Å². The number of nitrogens with zero attached hydrogens (tertiary/aromatic N) is 4. The zero-order valence-corrected chi connectivity index (χ0v) is 42.1.